The van der Waals surface area contributed by atoms with E-state index in [0.717, 1.165) is 22.4 Å². The average molecular weight is 467 g/mol. The monoisotopic (exact) mass is 466 g/mol. The smallest absolute Gasteiger partial charge is 0.399 e. The summed E-state index contributed by atoms with van der Waals surface area (Å²) in [7, 11) is 0. The predicted molar refractivity (Wildman–Crippen MR) is 129 cm³/mol. The molecule has 34 heavy (non-hydrogen) atoms. The third-order valence-electron chi connectivity index (χ3n) is 5.51. The third kappa shape index (κ3) is 5.77. The molecule has 0 saturated carbocycles. The molecule has 0 aromatic heterocycles. The lowest BCUT2D eigenvalue weighted by Crippen LogP contribution is -2.33. The lowest BCUT2D eigenvalue weighted by Gasteiger charge is -2.24. The van der Waals surface area contributed by atoms with Crippen LogP contribution in [0.2, 0.25) is 0 Å². The summed E-state index contributed by atoms with van der Waals surface area (Å²) in [6.45, 7) is 1.16. The van der Waals surface area contributed by atoms with Gasteiger partial charge >= 0.3 is 6.18 Å². The number of anilines is 3. The van der Waals surface area contributed by atoms with Gasteiger partial charge in [0.1, 0.15) is 0 Å². The quantitative estimate of drug-likeness (QED) is 0.312. The molecule has 176 valence electrons. The Morgan fingerprint density at radius 3 is 2.26 bits per heavy atom. The van der Waals surface area contributed by atoms with Crippen molar-refractivity contribution in [3.05, 3.63) is 95.2 Å². The molecule has 0 atom stereocenters. The van der Waals surface area contributed by atoms with E-state index in [4.69, 9.17) is 5.73 Å². The fourth-order valence-corrected chi connectivity index (χ4v) is 4.05. The topological polar surface area (TPSA) is 70.4 Å². The Morgan fingerprint density at radius 2 is 1.62 bits per heavy atom. The van der Waals surface area contributed by atoms with Gasteiger partial charge < -0.3 is 16.4 Å². The van der Waals surface area contributed by atoms with E-state index in [1.54, 1.807) is 49.4 Å². The molecule has 0 fully saturated rings. The van der Waals surface area contributed by atoms with Crippen LogP contribution < -0.4 is 16.4 Å². The number of carbonyl (C=O) groups excluding carboxylic acids is 1. The maximum Gasteiger partial charge on any atom is 0.401 e. The van der Waals surface area contributed by atoms with Gasteiger partial charge in [0.2, 0.25) is 0 Å². The van der Waals surface area contributed by atoms with Crippen LogP contribution in [-0.4, -0.2) is 23.5 Å². The summed E-state index contributed by atoms with van der Waals surface area (Å²) in [4.78, 5) is 13.8. The van der Waals surface area contributed by atoms with Crippen LogP contribution in [0.25, 0.3) is 5.57 Å². The van der Waals surface area contributed by atoms with Gasteiger partial charge in [0.15, 0.2) is 0 Å². The first-order chi connectivity index (χ1) is 16.2. The van der Waals surface area contributed by atoms with Crippen LogP contribution in [0.5, 0.6) is 0 Å². The number of hydrogen-bond acceptors (Lipinski definition) is 4. The number of alkyl halides is 3. The van der Waals surface area contributed by atoms with Crippen LogP contribution in [0.1, 0.15) is 23.6 Å². The first kappa shape index (κ1) is 23.4. The number of nitrogens with one attached hydrogen (secondary N) is 2. The Morgan fingerprint density at radius 1 is 0.971 bits per heavy atom. The average Bonchev–Trinajstić information content (AvgIpc) is 3.09. The van der Waals surface area contributed by atoms with Crippen LogP contribution in [0, 0.1) is 0 Å². The van der Waals surface area contributed by atoms with Crippen molar-refractivity contribution in [3.8, 4) is 0 Å². The second kappa shape index (κ2) is 9.61. The van der Waals surface area contributed by atoms with Gasteiger partial charge in [-0.3, -0.25) is 9.69 Å². The number of amides is 1. The zero-order chi connectivity index (χ0) is 24.3. The van der Waals surface area contributed by atoms with Gasteiger partial charge in [0.05, 0.1) is 12.1 Å². The van der Waals surface area contributed by atoms with Gasteiger partial charge in [-0.25, -0.2) is 0 Å². The van der Waals surface area contributed by atoms with Gasteiger partial charge in [0.25, 0.3) is 5.91 Å². The van der Waals surface area contributed by atoms with Gasteiger partial charge in [0, 0.05) is 41.4 Å². The van der Waals surface area contributed by atoms with Crippen LogP contribution in [0.4, 0.5) is 30.2 Å². The van der Waals surface area contributed by atoms with E-state index in [-0.39, 0.29) is 19.0 Å². The molecule has 0 bridgehead atoms. The minimum absolute atomic E-state index is 0.157. The predicted octanol–water partition coefficient (Wildman–Crippen LogP) is 5.63. The van der Waals surface area contributed by atoms with Crippen molar-refractivity contribution in [2.75, 3.05) is 22.9 Å². The summed E-state index contributed by atoms with van der Waals surface area (Å²) < 4.78 is 39.4. The van der Waals surface area contributed by atoms with Crippen molar-refractivity contribution < 1.29 is 18.0 Å². The van der Waals surface area contributed by atoms with Gasteiger partial charge in [-0.05, 0) is 48.4 Å². The number of rotatable bonds is 7. The lowest BCUT2D eigenvalue weighted by atomic mass is 10.0. The Hall–Kier alpha value is -3.78. The number of fused-ring (bicyclic) bond motifs is 1. The zero-order valence-electron chi connectivity index (χ0n) is 18.6. The van der Waals surface area contributed by atoms with E-state index in [0.29, 0.717) is 22.6 Å². The van der Waals surface area contributed by atoms with Gasteiger partial charge in [-0.1, -0.05) is 42.5 Å². The van der Waals surface area contributed by atoms with Gasteiger partial charge in [-0.15, -0.1) is 0 Å². The van der Waals surface area contributed by atoms with Crippen LogP contribution >= 0.6 is 0 Å². The number of nitrogen functional groups attached to an aromatic ring is 1. The molecule has 0 spiro atoms. The molecule has 0 aliphatic carbocycles. The van der Waals surface area contributed by atoms with Crippen molar-refractivity contribution in [3.63, 3.8) is 0 Å². The molecule has 1 amide bonds. The summed E-state index contributed by atoms with van der Waals surface area (Å²) in [5.41, 5.74) is 11.3. The molecular formula is C26H25F3N4O. The number of nitrogens with two attached hydrogens (primary N) is 1. The molecule has 1 aliphatic heterocycles. The van der Waals surface area contributed by atoms with E-state index < -0.39 is 12.7 Å². The first-order valence-corrected chi connectivity index (χ1v) is 10.8. The lowest BCUT2D eigenvalue weighted by molar-refractivity contribution is -0.148. The van der Waals surface area contributed by atoms with Crippen molar-refractivity contribution in [1.82, 2.24) is 4.90 Å². The second-order valence-corrected chi connectivity index (χ2v) is 8.33. The Labute approximate surface area is 196 Å². The molecule has 0 radical (unpaired) electrons. The number of hydrogen-bond donors (Lipinski definition) is 3. The number of benzene rings is 3. The molecule has 1 heterocycles. The Kier molecular flexibility index (Phi) is 6.61. The van der Waals surface area contributed by atoms with E-state index >= 15 is 0 Å². The third-order valence-corrected chi connectivity index (χ3v) is 5.51. The molecule has 8 heteroatoms. The summed E-state index contributed by atoms with van der Waals surface area (Å²) in [5.74, 6) is -0.217. The van der Waals surface area contributed by atoms with E-state index in [9.17, 15) is 18.0 Å². The highest BCUT2D eigenvalue weighted by atomic mass is 19.4. The SMILES string of the molecule is C/C(Nc1ccc(CN(Cc2ccccc2)CC(F)(F)F)cc1)=C1/C(=O)Nc2ccc(N)cc21. The number of allylic oxidation sites excluding steroid dienone is 1. The van der Waals surface area contributed by atoms with Crippen LogP contribution in [-0.2, 0) is 17.9 Å². The van der Waals surface area contributed by atoms with Crippen molar-refractivity contribution in [2.24, 2.45) is 0 Å². The number of nitrogens with zero attached hydrogens (tertiary/aromatic N) is 1. The van der Waals surface area contributed by atoms with Crippen molar-refractivity contribution in [1.29, 1.82) is 0 Å². The highest BCUT2D eigenvalue weighted by molar-refractivity contribution is 6.32. The maximum atomic E-state index is 13.1. The number of carbonyl (C=O) groups is 1. The van der Waals surface area contributed by atoms with Crippen molar-refractivity contribution in [2.45, 2.75) is 26.2 Å². The molecule has 0 unspecified atom stereocenters. The van der Waals surface area contributed by atoms with E-state index in [1.165, 1.54) is 4.90 Å². The standard InChI is InChI=1S/C26H25F3N4O/c1-17(24-22-13-20(30)9-12-23(22)32-25(24)34)31-21-10-7-19(8-11-21)15-33(16-26(27,28)29)14-18-5-3-2-4-6-18/h2-13,31H,14-16,30H2,1H3,(H,32,34)/b24-17-. The summed E-state index contributed by atoms with van der Waals surface area (Å²) in [6, 6.07) is 21.5. The minimum Gasteiger partial charge on any atom is -0.399 e. The summed E-state index contributed by atoms with van der Waals surface area (Å²) in [5, 5.41) is 6.04. The second-order valence-electron chi connectivity index (χ2n) is 8.33. The molecule has 4 N–H and O–H groups in total. The Bertz CT molecular complexity index is 1200. The highest BCUT2D eigenvalue weighted by Crippen LogP contribution is 2.35. The maximum absolute atomic E-state index is 13.1. The highest BCUT2D eigenvalue weighted by Gasteiger charge is 2.31. The molecule has 4 rings (SSSR count). The Balaban J connectivity index is 1.48. The van der Waals surface area contributed by atoms with Gasteiger partial charge in [-0.2, -0.15) is 13.2 Å². The number of halogens is 3. The van der Waals surface area contributed by atoms with E-state index in [1.807, 2.05) is 30.3 Å². The molecule has 3 aromatic rings. The molecule has 3 aromatic carbocycles. The van der Waals surface area contributed by atoms with Crippen molar-refractivity contribution >= 4 is 28.5 Å². The van der Waals surface area contributed by atoms with Crippen LogP contribution in [0.3, 0.4) is 0 Å². The zero-order valence-corrected chi connectivity index (χ0v) is 18.6. The first-order valence-electron chi connectivity index (χ1n) is 10.8. The summed E-state index contributed by atoms with van der Waals surface area (Å²) in [6.07, 6.45) is -4.29. The minimum atomic E-state index is -4.29. The van der Waals surface area contributed by atoms with E-state index in [2.05, 4.69) is 10.6 Å². The molecular weight excluding hydrogens is 441 g/mol. The molecule has 1 aliphatic rings. The molecule has 0 saturated heterocycles. The fourth-order valence-electron chi connectivity index (χ4n) is 4.05. The summed E-state index contributed by atoms with van der Waals surface area (Å²) >= 11 is 0. The molecule has 5 nitrogen and oxygen atoms in total. The normalized spacial score (nSPS) is 14.7. The van der Waals surface area contributed by atoms with Crippen LogP contribution in [0.15, 0.2) is 78.5 Å². The largest absolute Gasteiger partial charge is 0.401 e. The fraction of sp³-hybridized carbons (Fsp3) is 0.192.